The molecule has 13 nitrogen and oxygen atoms in total. The van der Waals surface area contributed by atoms with Crippen molar-refractivity contribution in [1.82, 2.24) is 44.6 Å². The SMILES string of the molecule is C=C/C=N\c1c(C(=O)NC(C)c2nc3cccc(C#Cc4cnn(C)c4CCN4CCC(NC)CC4)c3c(=O)n2-c2ccccc2)c(N)nn1C. The average Bonchev–Trinajstić information content (AvgIpc) is 3.64. The number of para-hydroxylation sites is 1. The van der Waals surface area contributed by atoms with E-state index in [2.05, 4.69) is 49.1 Å². The van der Waals surface area contributed by atoms with Gasteiger partial charge in [-0.15, -0.1) is 0 Å². The van der Waals surface area contributed by atoms with Gasteiger partial charge in [0.2, 0.25) is 0 Å². The molecule has 5 aromatic rings. The van der Waals surface area contributed by atoms with Gasteiger partial charge >= 0.3 is 0 Å². The van der Waals surface area contributed by atoms with Crippen molar-refractivity contribution in [3.8, 4) is 17.5 Å². The Hall–Kier alpha value is -5.84. The van der Waals surface area contributed by atoms with Crippen molar-refractivity contribution in [2.24, 2.45) is 19.1 Å². The first-order valence-electron chi connectivity index (χ1n) is 17.0. The highest BCUT2D eigenvalue weighted by atomic mass is 16.2. The second-order valence-electron chi connectivity index (χ2n) is 12.6. The van der Waals surface area contributed by atoms with E-state index in [1.165, 1.54) is 21.5 Å². The summed E-state index contributed by atoms with van der Waals surface area (Å²) in [6, 6.07) is 14.5. The maximum Gasteiger partial charge on any atom is 0.267 e. The number of carbonyl (C=O) groups is 1. The Morgan fingerprint density at radius 2 is 1.84 bits per heavy atom. The van der Waals surface area contributed by atoms with Gasteiger partial charge in [0.15, 0.2) is 11.6 Å². The molecule has 1 fully saturated rings. The predicted molar refractivity (Wildman–Crippen MR) is 201 cm³/mol. The first-order chi connectivity index (χ1) is 24.7. The topological polar surface area (TPSA) is 153 Å². The molecule has 0 saturated carbocycles. The van der Waals surface area contributed by atoms with Gasteiger partial charge in [0, 0.05) is 44.9 Å². The van der Waals surface area contributed by atoms with Crippen LogP contribution in [-0.2, 0) is 20.5 Å². The molecule has 0 spiro atoms. The van der Waals surface area contributed by atoms with Gasteiger partial charge in [0.25, 0.3) is 11.5 Å². The van der Waals surface area contributed by atoms with E-state index in [1.54, 1.807) is 26.2 Å². The molecule has 262 valence electrons. The Kier molecular flexibility index (Phi) is 10.5. The van der Waals surface area contributed by atoms with Crippen LogP contribution in [0.2, 0.25) is 0 Å². The second kappa shape index (κ2) is 15.4. The fourth-order valence-corrected chi connectivity index (χ4v) is 6.53. The number of rotatable bonds is 10. The van der Waals surface area contributed by atoms with E-state index < -0.39 is 11.9 Å². The predicted octanol–water partition coefficient (Wildman–Crippen LogP) is 3.44. The standard InChI is InChI=1S/C38H43N11O2/c1-6-20-41-36-33(34(39)45-47(36)5)37(50)43-25(2)35-44-30-14-10-11-26(32(30)38(51)49(35)29-12-8-7-9-13-29)15-16-27-24-42-46(4)31(27)19-23-48-21-17-28(40-3)18-22-48/h6-14,20,24-25,28,40H,1,17-19,21-23H2,2-5H3,(H2,39,45)(H,43,50)/b41-20-. The first kappa shape index (κ1) is 35.0. The summed E-state index contributed by atoms with van der Waals surface area (Å²) in [6.45, 7) is 8.47. The number of benzene rings is 2. The number of hydrogen-bond donors (Lipinski definition) is 3. The zero-order valence-corrected chi connectivity index (χ0v) is 29.4. The van der Waals surface area contributed by atoms with Crippen LogP contribution in [0, 0.1) is 11.8 Å². The van der Waals surface area contributed by atoms with Gasteiger partial charge in [0.05, 0.1) is 40.1 Å². The molecule has 1 atom stereocenters. The van der Waals surface area contributed by atoms with Gasteiger partial charge in [-0.2, -0.15) is 10.2 Å². The molecule has 6 rings (SSSR count). The molecule has 0 aliphatic carbocycles. The van der Waals surface area contributed by atoms with E-state index in [0.717, 1.165) is 50.2 Å². The minimum absolute atomic E-state index is 0.0273. The van der Waals surface area contributed by atoms with Crippen molar-refractivity contribution in [3.05, 3.63) is 106 Å². The number of nitrogens with zero attached hydrogens (tertiary/aromatic N) is 8. The molecule has 1 unspecified atom stereocenters. The number of nitrogens with two attached hydrogens (primary N) is 1. The molecule has 1 saturated heterocycles. The average molecular weight is 686 g/mol. The lowest BCUT2D eigenvalue weighted by Gasteiger charge is -2.31. The van der Waals surface area contributed by atoms with Gasteiger partial charge in [-0.3, -0.25) is 18.8 Å². The third kappa shape index (κ3) is 7.38. The Balaban J connectivity index is 1.35. The number of likely N-dealkylation sites (tertiary alicyclic amines) is 1. The van der Waals surface area contributed by atoms with Gasteiger partial charge in [0.1, 0.15) is 11.4 Å². The second-order valence-corrected chi connectivity index (χ2v) is 12.6. The highest BCUT2D eigenvalue weighted by Crippen LogP contribution is 2.26. The van der Waals surface area contributed by atoms with Crippen LogP contribution in [0.4, 0.5) is 11.6 Å². The number of nitrogen functional groups attached to an aromatic ring is 1. The molecule has 0 radical (unpaired) electrons. The molecular weight excluding hydrogens is 642 g/mol. The minimum atomic E-state index is -0.720. The molecule has 0 bridgehead atoms. The van der Waals surface area contributed by atoms with Crippen LogP contribution in [0.5, 0.6) is 0 Å². The molecule has 1 amide bonds. The zero-order valence-electron chi connectivity index (χ0n) is 29.4. The van der Waals surface area contributed by atoms with E-state index in [9.17, 15) is 9.59 Å². The highest BCUT2D eigenvalue weighted by Gasteiger charge is 2.26. The van der Waals surface area contributed by atoms with E-state index in [1.807, 2.05) is 61.2 Å². The van der Waals surface area contributed by atoms with Crippen LogP contribution >= 0.6 is 0 Å². The molecule has 13 heteroatoms. The van der Waals surface area contributed by atoms with Crippen LogP contribution in [0.15, 0.2) is 77.2 Å². The number of anilines is 1. The molecule has 2 aromatic carbocycles. The van der Waals surface area contributed by atoms with E-state index >= 15 is 0 Å². The maximum atomic E-state index is 14.5. The fourth-order valence-electron chi connectivity index (χ4n) is 6.53. The molecule has 3 aromatic heterocycles. The normalized spacial score (nSPS) is 14.4. The summed E-state index contributed by atoms with van der Waals surface area (Å²) in [7, 11) is 5.62. The summed E-state index contributed by atoms with van der Waals surface area (Å²) in [5, 5.41) is 15.4. The van der Waals surface area contributed by atoms with Crippen LogP contribution in [0.1, 0.15) is 58.8 Å². The van der Waals surface area contributed by atoms with Crippen molar-refractivity contribution in [3.63, 3.8) is 0 Å². The van der Waals surface area contributed by atoms with E-state index in [0.29, 0.717) is 34.0 Å². The molecule has 1 aliphatic rings. The number of amides is 1. The van der Waals surface area contributed by atoms with Crippen LogP contribution < -0.4 is 21.9 Å². The molecule has 1 aliphatic heterocycles. The number of carbonyl (C=O) groups excluding carboxylic acids is 1. The lowest BCUT2D eigenvalue weighted by molar-refractivity contribution is 0.0939. The number of aromatic nitrogens is 6. The Morgan fingerprint density at radius 1 is 1.10 bits per heavy atom. The first-order valence-corrected chi connectivity index (χ1v) is 17.0. The number of fused-ring (bicyclic) bond motifs is 1. The summed E-state index contributed by atoms with van der Waals surface area (Å²) < 4.78 is 4.83. The Bertz CT molecular complexity index is 2210. The fraction of sp³-hybridized carbons (Fsp3) is 0.316. The van der Waals surface area contributed by atoms with Crippen LogP contribution in [-0.4, -0.2) is 78.9 Å². The third-order valence-electron chi connectivity index (χ3n) is 9.30. The van der Waals surface area contributed by atoms with Crippen molar-refractivity contribution in [1.29, 1.82) is 0 Å². The Morgan fingerprint density at radius 3 is 2.57 bits per heavy atom. The maximum absolute atomic E-state index is 14.5. The number of aryl methyl sites for hydroxylation is 2. The molecular formula is C38H43N11O2. The quantitative estimate of drug-likeness (QED) is 0.149. The van der Waals surface area contributed by atoms with Crippen LogP contribution in [0.25, 0.3) is 16.6 Å². The molecule has 4 heterocycles. The molecule has 4 N–H and O–H groups in total. The van der Waals surface area contributed by atoms with Crippen LogP contribution in [0.3, 0.4) is 0 Å². The smallest absolute Gasteiger partial charge is 0.267 e. The van der Waals surface area contributed by atoms with Gasteiger partial charge < -0.3 is 21.3 Å². The van der Waals surface area contributed by atoms with Gasteiger partial charge in [-0.1, -0.05) is 48.8 Å². The summed E-state index contributed by atoms with van der Waals surface area (Å²) in [5.74, 6) is 6.71. The van der Waals surface area contributed by atoms with E-state index in [4.69, 9.17) is 10.7 Å². The largest absolute Gasteiger partial charge is 0.381 e. The summed E-state index contributed by atoms with van der Waals surface area (Å²) >= 11 is 0. The van der Waals surface area contributed by atoms with E-state index in [-0.39, 0.29) is 22.8 Å². The van der Waals surface area contributed by atoms with Crippen molar-refractivity contribution in [2.75, 3.05) is 32.4 Å². The number of nitrogens with one attached hydrogen (secondary N) is 2. The lowest BCUT2D eigenvalue weighted by atomic mass is 10.0. The Labute approximate surface area is 296 Å². The van der Waals surface area contributed by atoms with Gasteiger partial charge in [-0.25, -0.2) is 14.7 Å². The minimum Gasteiger partial charge on any atom is -0.381 e. The number of allylic oxidation sites excluding steroid dienone is 1. The molecule has 51 heavy (non-hydrogen) atoms. The highest BCUT2D eigenvalue weighted by molar-refractivity contribution is 6.03. The summed E-state index contributed by atoms with van der Waals surface area (Å²) in [4.78, 5) is 39.9. The van der Waals surface area contributed by atoms with Crippen molar-refractivity contribution < 1.29 is 4.79 Å². The third-order valence-corrected chi connectivity index (χ3v) is 9.30. The number of hydrogen-bond acceptors (Lipinski definition) is 9. The number of aliphatic imine (C=N–C) groups is 1. The zero-order chi connectivity index (χ0) is 36.1. The van der Waals surface area contributed by atoms with Crippen molar-refractivity contribution in [2.45, 2.75) is 38.3 Å². The summed E-state index contributed by atoms with van der Waals surface area (Å²) in [5.41, 5.74) is 9.42. The van der Waals surface area contributed by atoms with Crippen molar-refractivity contribution >= 4 is 34.7 Å². The van der Waals surface area contributed by atoms with Gasteiger partial charge in [-0.05, 0) is 64.2 Å². The monoisotopic (exact) mass is 685 g/mol. The lowest BCUT2D eigenvalue weighted by Crippen LogP contribution is -2.42. The summed E-state index contributed by atoms with van der Waals surface area (Å²) in [6.07, 6.45) is 7.84. The number of piperidine rings is 1.